The Morgan fingerprint density at radius 3 is 2.61 bits per heavy atom. The first kappa shape index (κ1) is 12.0. The highest BCUT2D eigenvalue weighted by molar-refractivity contribution is 5.88. The Hall–Kier alpha value is -2.43. The van der Waals surface area contributed by atoms with Crippen LogP contribution in [0.5, 0.6) is 11.6 Å². The van der Waals surface area contributed by atoms with Crippen LogP contribution in [0.1, 0.15) is 21.7 Å². The van der Waals surface area contributed by atoms with E-state index in [4.69, 9.17) is 9.84 Å². The lowest BCUT2D eigenvalue weighted by Gasteiger charge is -2.08. The van der Waals surface area contributed by atoms with Crippen LogP contribution in [0, 0.1) is 13.8 Å². The minimum Gasteiger partial charge on any atom is -0.478 e. The van der Waals surface area contributed by atoms with E-state index in [-0.39, 0.29) is 5.56 Å². The van der Waals surface area contributed by atoms with Crippen LogP contribution in [0.15, 0.2) is 30.5 Å². The fourth-order valence-corrected chi connectivity index (χ4v) is 1.51. The van der Waals surface area contributed by atoms with Crippen LogP contribution in [-0.2, 0) is 0 Å². The van der Waals surface area contributed by atoms with E-state index in [1.165, 1.54) is 12.1 Å². The van der Waals surface area contributed by atoms with Crippen molar-refractivity contribution in [3.05, 3.63) is 47.4 Å². The van der Waals surface area contributed by atoms with Gasteiger partial charge in [0.15, 0.2) is 5.75 Å². The molecule has 0 bridgehead atoms. The van der Waals surface area contributed by atoms with Crippen LogP contribution in [0.2, 0.25) is 0 Å². The number of aromatic nitrogens is 2. The zero-order valence-electron chi connectivity index (χ0n) is 10.0. The average molecular weight is 244 g/mol. The number of hydrogen-bond donors (Lipinski definition) is 1. The molecule has 0 fully saturated rings. The summed E-state index contributed by atoms with van der Waals surface area (Å²) in [5.41, 5.74) is 1.34. The second kappa shape index (κ2) is 4.83. The molecule has 0 aliphatic heterocycles. The highest BCUT2D eigenvalue weighted by Gasteiger charge is 2.10. The van der Waals surface area contributed by atoms with Gasteiger partial charge in [-0.3, -0.25) is 4.98 Å². The number of aromatic carboxylic acids is 1. The molecular formula is C13H12N2O3. The summed E-state index contributed by atoms with van der Waals surface area (Å²) < 4.78 is 5.56. The summed E-state index contributed by atoms with van der Waals surface area (Å²) in [6, 6.07) is 6.56. The molecule has 2 heterocycles. The van der Waals surface area contributed by atoms with Gasteiger partial charge in [-0.15, -0.1) is 0 Å². The van der Waals surface area contributed by atoms with Gasteiger partial charge >= 0.3 is 5.97 Å². The number of nitrogens with zero attached hydrogens (tertiary/aromatic N) is 2. The molecule has 2 aromatic rings. The van der Waals surface area contributed by atoms with Gasteiger partial charge in [-0.2, -0.15) is 0 Å². The fourth-order valence-electron chi connectivity index (χ4n) is 1.51. The molecule has 0 aliphatic rings. The zero-order valence-corrected chi connectivity index (χ0v) is 10.0. The SMILES string of the molecule is Cc1ncccc1Oc1ccc(C(=O)O)c(C)n1. The number of rotatable bonds is 3. The van der Waals surface area contributed by atoms with Gasteiger partial charge in [0, 0.05) is 12.3 Å². The van der Waals surface area contributed by atoms with Crippen molar-refractivity contribution < 1.29 is 14.6 Å². The van der Waals surface area contributed by atoms with Crippen LogP contribution >= 0.6 is 0 Å². The van der Waals surface area contributed by atoms with Crippen molar-refractivity contribution >= 4 is 5.97 Å². The van der Waals surface area contributed by atoms with Crippen molar-refractivity contribution in [2.24, 2.45) is 0 Å². The van der Waals surface area contributed by atoms with Crippen LogP contribution in [0.4, 0.5) is 0 Å². The third-order valence-corrected chi connectivity index (χ3v) is 2.46. The molecule has 5 heteroatoms. The highest BCUT2D eigenvalue weighted by Crippen LogP contribution is 2.22. The summed E-state index contributed by atoms with van der Waals surface area (Å²) in [4.78, 5) is 19.1. The zero-order chi connectivity index (χ0) is 13.1. The van der Waals surface area contributed by atoms with Crippen molar-refractivity contribution in [1.29, 1.82) is 0 Å². The quantitative estimate of drug-likeness (QED) is 0.898. The molecule has 18 heavy (non-hydrogen) atoms. The Bertz CT molecular complexity index is 597. The van der Waals surface area contributed by atoms with E-state index in [1.807, 2.05) is 6.92 Å². The molecule has 92 valence electrons. The lowest BCUT2D eigenvalue weighted by molar-refractivity contribution is 0.0695. The summed E-state index contributed by atoms with van der Waals surface area (Å²) in [5.74, 6) is -0.0369. The predicted molar refractivity (Wildman–Crippen MR) is 65.0 cm³/mol. The van der Waals surface area contributed by atoms with Crippen LogP contribution in [0.25, 0.3) is 0 Å². The molecule has 2 aromatic heterocycles. The molecule has 0 atom stereocenters. The van der Waals surface area contributed by atoms with Gasteiger partial charge in [0.1, 0.15) is 0 Å². The standard InChI is InChI=1S/C13H12N2O3/c1-8-10(13(16)17)5-6-12(15-8)18-11-4-3-7-14-9(11)2/h3-7H,1-2H3,(H,16,17). The Balaban J connectivity index is 2.29. The monoisotopic (exact) mass is 244 g/mol. The summed E-state index contributed by atoms with van der Waals surface area (Å²) in [7, 11) is 0. The van der Waals surface area contributed by atoms with Crippen molar-refractivity contribution in [2.75, 3.05) is 0 Å². The van der Waals surface area contributed by atoms with E-state index in [2.05, 4.69) is 9.97 Å². The van der Waals surface area contributed by atoms with Crippen LogP contribution in [0.3, 0.4) is 0 Å². The predicted octanol–water partition coefficient (Wildman–Crippen LogP) is 2.58. The van der Waals surface area contributed by atoms with Gasteiger partial charge < -0.3 is 9.84 Å². The minimum atomic E-state index is -0.996. The Morgan fingerprint density at radius 1 is 1.22 bits per heavy atom. The molecule has 0 amide bonds. The maximum atomic E-state index is 10.9. The summed E-state index contributed by atoms with van der Waals surface area (Å²) in [6.45, 7) is 3.46. The fraction of sp³-hybridized carbons (Fsp3) is 0.154. The second-order valence-corrected chi connectivity index (χ2v) is 3.78. The minimum absolute atomic E-state index is 0.172. The van der Waals surface area contributed by atoms with E-state index >= 15 is 0 Å². The Kier molecular flexibility index (Phi) is 3.23. The first-order valence-electron chi connectivity index (χ1n) is 5.38. The summed E-state index contributed by atoms with van der Waals surface area (Å²) in [5, 5.41) is 8.90. The van der Waals surface area contributed by atoms with Crippen molar-refractivity contribution in [2.45, 2.75) is 13.8 Å². The average Bonchev–Trinajstić information content (AvgIpc) is 2.32. The molecule has 2 rings (SSSR count). The van der Waals surface area contributed by atoms with Crippen molar-refractivity contribution in [1.82, 2.24) is 9.97 Å². The molecule has 1 N–H and O–H groups in total. The van der Waals surface area contributed by atoms with E-state index in [0.29, 0.717) is 17.3 Å². The number of carbonyl (C=O) groups is 1. The topological polar surface area (TPSA) is 72.3 Å². The summed E-state index contributed by atoms with van der Waals surface area (Å²) in [6.07, 6.45) is 1.67. The number of carboxylic acid groups (broad SMARTS) is 1. The van der Waals surface area contributed by atoms with E-state index < -0.39 is 5.97 Å². The molecule has 0 unspecified atom stereocenters. The van der Waals surface area contributed by atoms with Gasteiger partial charge in [0.05, 0.1) is 17.0 Å². The van der Waals surface area contributed by atoms with Gasteiger partial charge in [-0.1, -0.05) is 0 Å². The molecule has 0 radical (unpaired) electrons. The van der Waals surface area contributed by atoms with E-state index in [0.717, 1.165) is 5.69 Å². The number of hydrogen-bond acceptors (Lipinski definition) is 4. The number of carboxylic acids is 1. The number of ether oxygens (including phenoxy) is 1. The Labute approximate surface area is 104 Å². The first-order chi connectivity index (χ1) is 8.58. The first-order valence-corrected chi connectivity index (χ1v) is 5.38. The number of aryl methyl sites for hydroxylation is 2. The normalized spacial score (nSPS) is 10.1. The molecule has 0 spiro atoms. The molecular weight excluding hydrogens is 232 g/mol. The maximum Gasteiger partial charge on any atom is 0.337 e. The maximum absolute atomic E-state index is 10.9. The molecule has 0 saturated carbocycles. The molecule has 0 aliphatic carbocycles. The Morgan fingerprint density at radius 2 is 2.00 bits per heavy atom. The van der Waals surface area contributed by atoms with Crippen LogP contribution in [-0.4, -0.2) is 21.0 Å². The molecule has 0 saturated heterocycles. The van der Waals surface area contributed by atoms with Gasteiger partial charge in [0.2, 0.25) is 5.88 Å². The second-order valence-electron chi connectivity index (χ2n) is 3.78. The van der Waals surface area contributed by atoms with Crippen molar-refractivity contribution in [3.63, 3.8) is 0 Å². The van der Waals surface area contributed by atoms with E-state index in [9.17, 15) is 4.79 Å². The van der Waals surface area contributed by atoms with E-state index in [1.54, 1.807) is 25.3 Å². The number of pyridine rings is 2. The van der Waals surface area contributed by atoms with Gasteiger partial charge in [-0.25, -0.2) is 9.78 Å². The molecule has 0 aromatic carbocycles. The summed E-state index contributed by atoms with van der Waals surface area (Å²) >= 11 is 0. The van der Waals surface area contributed by atoms with Crippen molar-refractivity contribution in [3.8, 4) is 11.6 Å². The smallest absolute Gasteiger partial charge is 0.337 e. The van der Waals surface area contributed by atoms with Gasteiger partial charge in [-0.05, 0) is 32.0 Å². The third-order valence-electron chi connectivity index (χ3n) is 2.46. The lowest BCUT2D eigenvalue weighted by atomic mass is 10.2. The molecule has 5 nitrogen and oxygen atoms in total. The third kappa shape index (κ3) is 2.45. The lowest BCUT2D eigenvalue weighted by Crippen LogP contribution is -2.02. The van der Waals surface area contributed by atoms with Gasteiger partial charge in [0.25, 0.3) is 0 Å². The largest absolute Gasteiger partial charge is 0.478 e. The van der Waals surface area contributed by atoms with Crippen LogP contribution < -0.4 is 4.74 Å². The highest BCUT2D eigenvalue weighted by atomic mass is 16.5.